The Bertz CT molecular complexity index is 827. The van der Waals surface area contributed by atoms with E-state index in [2.05, 4.69) is 5.32 Å². The number of ether oxygens (including phenoxy) is 1. The minimum atomic E-state index is -4.48. The number of hydrogen-bond acceptors (Lipinski definition) is 5. The molecule has 4 N–H and O–H groups in total. The predicted octanol–water partition coefficient (Wildman–Crippen LogP) is 3.61. The third-order valence-electron chi connectivity index (χ3n) is 5.78. The molecule has 1 saturated carbocycles. The van der Waals surface area contributed by atoms with Crippen molar-refractivity contribution in [3.05, 3.63) is 54.1 Å². The van der Waals surface area contributed by atoms with Crippen LogP contribution in [0.4, 0.5) is 13.2 Å². The molecule has 1 fully saturated rings. The van der Waals surface area contributed by atoms with E-state index in [1.54, 1.807) is 6.08 Å². The normalized spacial score (nSPS) is 24.1. The first-order valence-corrected chi connectivity index (χ1v) is 11.6. The highest BCUT2D eigenvalue weighted by atomic mass is 19.4. The summed E-state index contributed by atoms with van der Waals surface area (Å²) in [5.41, 5.74) is -0.835. The van der Waals surface area contributed by atoms with Crippen LogP contribution >= 0.6 is 0 Å². The summed E-state index contributed by atoms with van der Waals surface area (Å²) in [5.74, 6) is -0.597. The van der Waals surface area contributed by atoms with Crippen LogP contribution in [0.5, 0.6) is 5.75 Å². The van der Waals surface area contributed by atoms with Gasteiger partial charge in [-0.1, -0.05) is 30.4 Å². The SMILES string of the molecule is CCNC(=O)CCCC=CCC1C(O)CC(O)C1C=CC(O)COc1cccc(C(F)(F)F)c1. The van der Waals surface area contributed by atoms with Gasteiger partial charge in [-0.05, 0) is 50.3 Å². The summed E-state index contributed by atoms with van der Waals surface area (Å²) < 4.78 is 43.7. The molecule has 190 valence electrons. The fourth-order valence-electron chi connectivity index (χ4n) is 4.00. The van der Waals surface area contributed by atoms with E-state index in [1.165, 1.54) is 18.2 Å². The van der Waals surface area contributed by atoms with Gasteiger partial charge in [0.05, 0.1) is 17.8 Å². The Hall–Kier alpha value is -2.36. The van der Waals surface area contributed by atoms with Crippen LogP contribution in [0, 0.1) is 11.8 Å². The van der Waals surface area contributed by atoms with Crippen LogP contribution in [-0.4, -0.2) is 52.7 Å². The molecule has 1 aliphatic rings. The molecule has 5 unspecified atom stereocenters. The zero-order chi connectivity index (χ0) is 25.1. The Morgan fingerprint density at radius 2 is 2.03 bits per heavy atom. The lowest BCUT2D eigenvalue weighted by atomic mass is 9.89. The van der Waals surface area contributed by atoms with Crippen molar-refractivity contribution in [3.63, 3.8) is 0 Å². The number of alkyl halides is 3. The second-order valence-corrected chi connectivity index (χ2v) is 8.45. The third kappa shape index (κ3) is 9.12. The largest absolute Gasteiger partial charge is 0.491 e. The molecule has 1 aromatic rings. The number of amides is 1. The molecule has 1 aliphatic carbocycles. The van der Waals surface area contributed by atoms with Crippen LogP contribution in [0.25, 0.3) is 0 Å². The molecule has 0 heterocycles. The van der Waals surface area contributed by atoms with Gasteiger partial charge in [-0.3, -0.25) is 4.79 Å². The van der Waals surface area contributed by atoms with Crippen molar-refractivity contribution in [2.45, 2.75) is 63.5 Å². The molecule has 5 atom stereocenters. The van der Waals surface area contributed by atoms with Gasteiger partial charge in [0.25, 0.3) is 0 Å². The van der Waals surface area contributed by atoms with Crippen molar-refractivity contribution in [3.8, 4) is 5.75 Å². The fraction of sp³-hybridized carbons (Fsp3) is 0.560. The molecule has 0 aromatic heterocycles. The summed E-state index contributed by atoms with van der Waals surface area (Å²) in [5, 5.41) is 33.5. The van der Waals surface area contributed by atoms with Gasteiger partial charge in [0.1, 0.15) is 18.5 Å². The van der Waals surface area contributed by atoms with E-state index in [0.29, 0.717) is 19.4 Å². The Balaban J connectivity index is 1.84. The number of allylic oxidation sites excluding steroid dienone is 2. The van der Waals surface area contributed by atoms with Gasteiger partial charge in [0.15, 0.2) is 0 Å². The number of unbranched alkanes of at least 4 members (excludes halogenated alkanes) is 1. The highest BCUT2D eigenvalue weighted by Gasteiger charge is 2.39. The van der Waals surface area contributed by atoms with E-state index >= 15 is 0 Å². The summed E-state index contributed by atoms with van der Waals surface area (Å²) in [6, 6.07) is 4.41. The van der Waals surface area contributed by atoms with Gasteiger partial charge in [0.2, 0.25) is 5.91 Å². The number of carbonyl (C=O) groups is 1. The number of rotatable bonds is 12. The summed E-state index contributed by atoms with van der Waals surface area (Å²) in [7, 11) is 0. The zero-order valence-electron chi connectivity index (χ0n) is 19.2. The number of benzene rings is 1. The van der Waals surface area contributed by atoms with Crippen molar-refractivity contribution in [1.82, 2.24) is 5.32 Å². The predicted molar refractivity (Wildman–Crippen MR) is 122 cm³/mol. The van der Waals surface area contributed by atoms with Crippen LogP contribution in [0.3, 0.4) is 0 Å². The quantitative estimate of drug-likeness (QED) is 0.268. The Morgan fingerprint density at radius 3 is 2.74 bits per heavy atom. The monoisotopic (exact) mass is 485 g/mol. The van der Waals surface area contributed by atoms with Crippen LogP contribution in [0.1, 0.15) is 44.6 Å². The molecule has 9 heteroatoms. The molecule has 0 spiro atoms. The maximum absolute atomic E-state index is 12.8. The Kier molecular flexibility index (Phi) is 11.1. The average molecular weight is 486 g/mol. The van der Waals surface area contributed by atoms with Crippen molar-refractivity contribution >= 4 is 5.91 Å². The van der Waals surface area contributed by atoms with Gasteiger partial charge in [-0.25, -0.2) is 0 Å². The molecular weight excluding hydrogens is 451 g/mol. The minimum absolute atomic E-state index is 0.00575. The number of aliphatic hydroxyl groups is 3. The van der Waals surface area contributed by atoms with Crippen molar-refractivity contribution in [2.24, 2.45) is 11.8 Å². The topological polar surface area (TPSA) is 99.0 Å². The molecule has 0 aliphatic heterocycles. The lowest BCUT2D eigenvalue weighted by molar-refractivity contribution is -0.137. The maximum atomic E-state index is 12.8. The van der Waals surface area contributed by atoms with Crippen molar-refractivity contribution < 1.29 is 38.0 Å². The van der Waals surface area contributed by atoms with E-state index in [1.807, 2.05) is 19.1 Å². The first kappa shape index (κ1) is 27.9. The van der Waals surface area contributed by atoms with E-state index in [-0.39, 0.29) is 36.5 Å². The number of aliphatic hydroxyl groups excluding tert-OH is 3. The Morgan fingerprint density at radius 1 is 1.26 bits per heavy atom. The fourth-order valence-corrected chi connectivity index (χ4v) is 4.00. The van der Waals surface area contributed by atoms with Gasteiger partial charge < -0.3 is 25.4 Å². The van der Waals surface area contributed by atoms with Crippen LogP contribution < -0.4 is 10.1 Å². The summed E-state index contributed by atoms with van der Waals surface area (Å²) in [6.45, 7) is 2.23. The van der Waals surface area contributed by atoms with Gasteiger partial charge in [-0.15, -0.1) is 0 Å². The number of hydrogen-bond donors (Lipinski definition) is 4. The molecule has 1 aromatic carbocycles. The molecule has 0 radical (unpaired) electrons. The Labute approximate surface area is 198 Å². The first-order valence-electron chi connectivity index (χ1n) is 11.6. The maximum Gasteiger partial charge on any atom is 0.416 e. The second kappa shape index (κ2) is 13.5. The smallest absolute Gasteiger partial charge is 0.416 e. The molecule has 0 saturated heterocycles. The summed E-state index contributed by atoms with van der Waals surface area (Å²) >= 11 is 0. The zero-order valence-corrected chi connectivity index (χ0v) is 19.2. The minimum Gasteiger partial charge on any atom is -0.491 e. The van der Waals surface area contributed by atoms with Crippen LogP contribution in [0.2, 0.25) is 0 Å². The molecule has 6 nitrogen and oxygen atoms in total. The van der Waals surface area contributed by atoms with Crippen LogP contribution in [-0.2, 0) is 11.0 Å². The van der Waals surface area contributed by atoms with Gasteiger partial charge in [0, 0.05) is 25.3 Å². The van der Waals surface area contributed by atoms with Gasteiger partial charge >= 0.3 is 6.18 Å². The third-order valence-corrected chi connectivity index (χ3v) is 5.78. The van der Waals surface area contributed by atoms with Crippen LogP contribution in [0.15, 0.2) is 48.6 Å². The van der Waals surface area contributed by atoms with E-state index in [0.717, 1.165) is 25.0 Å². The molecule has 1 amide bonds. The van der Waals surface area contributed by atoms with Crippen molar-refractivity contribution in [2.75, 3.05) is 13.2 Å². The van der Waals surface area contributed by atoms with E-state index in [9.17, 15) is 33.3 Å². The summed E-state index contributed by atoms with van der Waals surface area (Å²) in [4.78, 5) is 11.4. The number of nitrogens with one attached hydrogen (secondary N) is 1. The van der Waals surface area contributed by atoms with E-state index in [4.69, 9.17) is 4.74 Å². The van der Waals surface area contributed by atoms with E-state index < -0.39 is 30.1 Å². The molecule has 34 heavy (non-hydrogen) atoms. The lowest BCUT2D eigenvalue weighted by Gasteiger charge is -2.19. The lowest BCUT2D eigenvalue weighted by Crippen LogP contribution is -2.22. The standard InChI is InChI=1S/C25H34F3NO5/c1-2-29-24(33)11-6-4-3-5-10-20-21(23(32)15-22(20)31)13-12-18(30)16-34-19-9-7-8-17(14-19)25(26,27)28/h3,5,7-9,12-14,18,20-23,30-32H,2,4,6,10-11,15-16H2,1H3,(H,29,33). The number of carbonyl (C=O) groups excluding carboxylic acids is 1. The first-order chi connectivity index (χ1) is 16.1. The molecule has 0 bridgehead atoms. The van der Waals surface area contributed by atoms with Gasteiger partial charge in [-0.2, -0.15) is 13.2 Å². The molecule has 2 rings (SSSR count). The highest BCUT2D eigenvalue weighted by Crippen LogP contribution is 2.36. The summed E-state index contributed by atoms with van der Waals surface area (Å²) in [6.07, 6.45) is 2.58. The molecular formula is C25H34F3NO5. The van der Waals surface area contributed by atoms with Crippen molar-refractivity contribution in [1.29, 1.82) is 0 Å². The number of halogens is 3. The second-order valence-electron chi connectivity index (χ2n) is 8.45. The average Bonchev–Trinajstić information content (AvgIpc) is 3.05. The highest BCUT2D eigenvalue weighted by molar-refractivity contribution is 5.75.